The van der Waals surface area contributed by atoms with Crippen molar-refractivity contribution in [1.82, 2.24) is 0 Å². The van der Waals surface area contributed by atoms with E-state index in [0.717, 1.165) is 19.3 Å². The Morgan fingerprint density at radius 3 is 1.02 bits per heavy atom. The van der Waals surface area contributed by atoms with Crippen LogP contribution in [0.2, 0.25) is 0 Å². The molecule has 348 valence electrons. The molecule has 0 radical (unpaired) electrons. The van der Waals surface area contributed by atoms with E-state index in [-0.39, 0.29) is 19.2 Å². The molecule has 9 heteroatoms. The third kappa shape index (κ3) is 48.2. The van der Waals surface area contributed by atoms with E-state index in [4.69, 9.17) is 13.8 Å². The van der Waals surface area contributed by atoms with E-state index in [1.165, 1.54) is 225 Å². The molecule has 0 aliphatic rings. The lowest BCUT2D eigenvalue weighted by molar-refractivity contribution is -0.870. The van der Waals surface area contributed by atoms with Crippen LogP contribution < -0.4 is 0 Å². The molecule has 0 aromatic carbocycles. The van der Waals surface area contributed by atoms with Gasteiger partial charge in [0.15, 0.2) is 0 Å². The molecule has 0 amide bonds. The summed E-state index contributed by atoms with van der Waals surface area (Å²) in [4.78, 5) is 21.7. The number of carbonyl (C=O) groups is 1. The fourth-order valence-electron chi connectivity index (χ4n) is 7.66. The van der Waals surface area contributed by atoms with Gasteiger partial charge in [0.2, 0.25) is 0 Å². The lowest BCUT2D eigenvalue weighted by Gasteiger charge is -2.24. The Balaban J connectivity index is 3.26. The molecule has 0 heterocycles. The van der Waals surface area contributed by atoms with Crippen LogP contribution >= 0.6 is 7.82 Å². The third-order valence-corrected chi connectivity index (χ3v) is 12.6. The van der Waals surface area contributed by atoms with E-state index in [2.05, 4.69) is 6.92 Å². The highest BCUT2D eigenvalue weighted by molar-refractivity contribution is 7.47. The summed E-state index contributed by atoms with van der Waals surface area (Å²) < 4.78 is 27.3. The summed E-state index contributed by atoms with van der Waals surface area (Å²) in [6, 6.07) is 0. The lowest BCUT2D eigenvalue weighted by atomic mass is 10.0. The van der Waals surface area contributed by atoms with E-state index in [1.807, 2.05) is 21.1 Å². The number of aliphatic hydroxyl groups is 1. The van der Waals surface area contributed by atoms with Crippen molar-refractivity contribution in [2.24, 2.45) is 0 Å². The van der Waals surface area contributed by atoms with Crippen molar-refractivity contribution >= 4 is 13.8 Å². The van der Waals surface area contributed by atoms with Gasteiger partial charge in [0.25, 0.3) is 0 Å². The van der Waals surface area contributed by atoms with Gasteiger partial charge in [-0.2, -0.15) is 0 Å². The highest BCUT2D eigenvalue weighted by Crippen LogP contribution is 2.43. The van der Waals surface area contributed by atoms with Crippen molar-refractivity contribution < 1.29 is 37.6 Å². The van der Waals surface area contributed by atoms with Gasteiger partial charge in [-0.25, -0.2) is 4.57 Å². The van der Waals surface area contributed by atoms with Crippen LogP contribution in [0.15, 0.2) is 0 Å². The summed E-state index contributed by atoms with van der Waals surface area (Å²) in [7, 11) is 1.58. The van der Waals surface area contributed by atoms with Gasteiger partial charge in [-0.3, -0.25) is 13.8 Å². The van der Waals surface area contributed by atoms with Gasteiger partial charge in [0.05, 0.1) is 27.7 Å². The first-order valence-electron chi connectivity index (χ1n) is 25.3. The third-order valence-electron chi connectivity index (χ3n) is 11.6. The molecule has 58 heavy (non-hydrogen) atoms. The molecule has 0 saturated heterocycles. The zero-order valence-corrected chi connectivity index (χ0v) is 40.2. The summed E-state index contributed by atoms with van der Waals surface area (Å²) in [5.74, 6) is -0.364. The van der Waals surface area contributed by atoms with Crippen LogP contribution in [-0.2, 0) is 23.1 Å². The van der Waals surface area contributed by atoms with Crippen molar-refractivity contribution in [2.75, 3.05) is 47.5 Å². The fraction of sp³-hybridized carbons (Fsp3) is 0.980. The van der Waals surface area contributed by atoms with Crippen molar-refractivity contribution in [3.05, 3.63) is 0 Å². The SMILES string of the molecule is CCCCCCCCCCCCCCCCCCCCCCCCCCCCCCCCCCCCCCCCC(=O)OCC(O)COP(=O)(O)OCC[N+](C)(C)C. The number of esters is 1. The lowest BCUT2D eigenvalue weighted by Crippen LogP contribution is -2.37. The Morgan fingerprint density at radius 2 is 0.741 bits per heavy atom. The van der Waals surface area contributed by atoms with Gasteiger partial charge >= 0.3 is 13.8 Å². The molecule has 0 saturated carbocycles. The van der Waals surface area contributed by atoms with Crippen LogP contribution in [-0.4, -0.2) is 74.1 Å². The van der Waals surface area contributed by atoms with Crippen LogP contribution in [0.5, 0.6) is 0 Å². The number of rotatable bonds is 48. The maximum Gasteiger partial charge on any atom is 0.472 e. The highest BCUT2D eigenvalue weighted by atomic mass is 31.2. The van der Waals surface area contributed by atoms with E-state index < -0.39 is 20.5 Å². The van der Waals surface area contributed by atoms with Crippen molar-refractivity contribution in [3.63, 3.8) is 0 Å². The predicted molar refractivity (Wildman–Crippen MR) is 247 cm³/mol. The molecule has 2 unspecified atom stereocenters. The van der Waals surface area contributed by atoms with Crippen molar-refractivity contribution in [2.45, 2.75) is 263 Å². The molecule has 0 aliphatic carbocycles. The molecule has 8 nitrogen and oxygen atoms in total. The molecule has 0 aliphatic heterocycles. The summed E-state index contributed by atoms with van der Waals surface area (Å²) in [5, 5.41) is 9.93. The molecule has 2 N–H and O–H groups in total. The van der Waals surface area contributed by atoms with E-state index in [9.17, 15) is 19.4 Å². The minimum atomic E-state index is -4.25. The number of likely N-dealkylation sites (N-methyl/N-ethyl adjacent to an activating group) is 1. The van der Waals surface area contributed by atoms with E-state index in [1.54, 1.807) is 0 Å². The minimum Gasteiger partial charge on any atom is -0.463 e. The Morgan fingerprint density at radius 1 is 0.466 bits per heavy atom. The first kappa shape index (κ1) is 57.5. The standard InChI is InChI=1S/C49H100NO7P/c1-5-6-7-8-9-10-11-12-13-14-15-16-17-18-19-20-21-22-23-24-25-26-27-28-29-30-31-32-33-34-35-36-37-38-39-40-41-42-43-49(52)55-46-48(51)47-57-58(53,54)56-45-44-50(2,3)4/h48,51H,5-47H2,1-4H3/p+1. The number of quaternary nitrogens is 1. The number of phosphoric acid groups is 1. The summed E-state index contributed by atoms with van der Waals surface area (Å²) in [6.07, 6.45) is 52.0. The van der Waals surface area contributed by atoms with Gasteiger partial charge in [-0.05, 0) is 6.42 Å². The van der Waals surface area contributed by atoms with Gasteiger partial charge < -0.3 is 19.2 Å². The molecular weight excluding hydrogens is 746 g/mol. The van der Waals surface area contributed by atoms with Gasteiger partial charge in [-0.1, -0.05) is 244 Å². The van der Waals surface area contributed by atoms with Crippen LogP contribution in [0, 0.1) is 0 Å². The topological polar surface area (TPSA) is 102 Å². The molecule has 2 atom stereocenters. The number of unbranched alkanes of at least 4 members (excludes halogenated alkanes) is 37. The molecule has 0 aromatic rings. The smallest absolute Gasteiger partial charge is 0.463 e. The number of ether oxygens (including phenoxy) is 1. The first-order valence-corrected chi connectivity index (χ1v) is 26.8. The zero-order chi connectivity index (χ0) is 42.7. The summed E-state index contributed by atoms with van der Waals surface area (Å²) in [5.41, 5.74) is 0. The molecule has 0 aromatic heterocycles. The second-order valence-electron chi connectivity index (χ2n) is 18.8. The average Bonchev–Trinajstić information content (AvgIpc) is 3.18. The number of aliphatic hydroxyl groups excluding tert-OH is 1. The quantitative estimate of drug-likeness (QED) is 0.0272. The maximum atomic E-state index is 12.0. The van der Waals surface area contributed by atoms with Gasteiger partial charge in [0.1, 0.15) is 25.9 Å². The summed E-state index contributed by atoms with van der Waals surface area (Å²) >= 11 is 0. The highest BCUT2D eigenvalue weighted by Gasteiger charge is 2.24. The minimum absolute atomic E-state index is 0.0577. The Hall–Kier alpha value is -0.500. The number of hydrogen-bond donors (Lipinski definition) is 2. The summed E-state index contributed by atoms with van der Waals surface area (Å²) in [6.45, 7) is 2.19. The number of nitrogens with zero attached hydrogens (tertiary/aromatic N) is 1. The number of carbonyl (C=O) groups excluding carboxylic acids is 1. The second-order valence-corrected chi connectivity index (χ2v) is 20.2. The van der Waals surface area contributed by atoms with E-state index in [0.29, 0.717) is 17.4 Å². The Bertz CT molecular complexity index is 899. The van der Waals surface area contributed by atoms with Gasteiger partial charge in [0, 0.05) is 6.42 Å². The number of phosphoric ester groups is 1. The molecule has 0 rings (SSSR count). The maximum absolute atomic E-state index is 12.0. The fourth-order valence-corrected chi connectivity index (χ4v) is 8.41. The molecule has 0 bridgehead atoms. The van der Waals surface area contributed by atoms with Gasteiger partial charge in [-0.15, -0.1) is 0 Å². The van der Waals surface area contributed by atoms with Crippen LogP contribution in [0.25, 0.3) is 0 Å². The Labute approximate surface area is 361 Å². The molecular formula is C49H101NO7P+. The van der Waals surface area contributed by atoms with Crippen molar-refractivity contribution in [3.8, 4) is 0 Å². The molecule has 0 spiro atoms. The Kier molecular flexibility index (Phi) is 42.8. The first-order chi connectivity index (χ1) is 28.1. The van der Waals surface area contributed by atoms with Crippen LogP contribution in [0.1, 0.15) is 257 Å². The monoisotopic (exact) mass is 847 g/mol. The zero-order valence-electron chi connectivity index (χ0n) is 39.3. The van der Waals surface area contributed by atoms with Crippen LogP contribution in [0.4, 0.5) is 0 Å². The largest absolute Gasteiger partial charge is 0.472 e. The van der Waals surface area contributed by atoms with Crippen LogP contribution in [0.3, 0.4) is 0 Å². The van der Waals surface area contributed by atoms with E-state index >= 15 is 0 Å². The second kappa shape index (κ2) is 43.2. The molecule has 0 fully saturated rings. The average molecular weight is 847 g/mol. The predicted octanol–water partition coefficient (Wildman–Crippen LogP) is 15.0. The van der Waals surface area contributed by atoms with Crippen molar-refractivity contribution in [1.29, 1.82) is 0 Å². The number of hydrogen-bond acceptors (Lipinski definition) is 6. The normalized spacial score (nSPS) is 13.6.